The SMILES string of the molecule is Cc1c(CN)nn(C)c1-c1cc[nH]c1. The molecule has 0 aromatic carbocycles. The average Bonchev–Trinajstić information content (AvgIpc) is 2.74. The zero-order chi connectivity index (χ0) is 10.1. The Morgan fingerprint density at radius 3 is 2.86 bits per heavy atom. The maximum atomic E-state index is 5.60. The first-order valence-corrected chi connectivity index (χ1v) is 4.59. The lowest BCUT2D eigenvalue weighted by Gasteiger charge is -1.99. The van der Waals surface area contributed by atoms with Gasteiger partial charge in [-0.15, -0.1) is 0 Å². The van der Waals surface area contributed by atoms with Crippen molar-refractivity contribution in [1.29, 1.82) is 0 Å². The van der Waals surface area contributed by atoms with Crippen molar-refractivity contribution >= 4 is 0 Å². The summed E-state index contributed by atoms with van der Waals surface area (Å²) in [4.78, 5) is 3.04. The number of nitrogens with zero attached hydrogens (tertiary/aromatic N) is 2. The van der Waals surface area contributed by atoms with Gasteiger partial charge in [-0.2, -0.15) is 5.10 Å². The lowest BCUT2D eigenvalue weighted by atomic mass is 10.1. The summed E-state index contributed by atoms with van der Waals surface area (Å²) >= 11 is 0. The summed E-state index contributed by atoms with van der Waals surface area (Å²) in [5, 5.41) is 4.36. The molecule has 0 aliphatic rings. The molecule has 0 spiro atoms. The zero-order valence-corrected chi connectivity index (χ0v) is 8.41. The summed E-state index contributed by atoms with van der Waals surface area (Å²) in [6, 6.07) is 2.03. The van der Waals surface area contributed by atoms with Gasteiger partial charge in [-0.05, 0) is 18.6 Å². The summed E-state index contributed by atoms with van der Waals surface area (Å²) in [5.41, 5.74) is 10.0. The van der Waals surface area contributed by atoms with Crippen LogP contribution in [-0.4, -0.2) is 14.8 Å². The second-order valence-corrected chi connectivity index (χ2v) is 3.35. The van der Waals surface area contributed by atoms with Gasteiger partial charge in [0, 0.05) is 31.5 Å². The van der Waals surface area contributed by atoms with Crippen molar-refractivity contribution < 1.29 is 0 Å². The van der Waals surface area contributed by atoms with Crippen molar-refractivity contribution in [2.45, 2.75) is 13.5 Å². The second-order valence-electron chi connectivity index (χ2n) is 3.35. The first-order valence-electron chi connectivity index (χ1n) is 4.59. The number of hydrogen-bond donors (Lipinski definition) is 2. The molecular weight excluding hydrogens is 176 g/mol. The van der Waals surface area contributed by atoms with Crippen LogP contribution in [0.25, 0.3) is 11.3 Å². The van der Waals surface area contributed by atoms with Crippen molar-refractivity contribution in [3.05, 3.63) is 29.7 Å². The minimum absolute atomic E-state index is 0.490. The summed E-state index contributed by atoms with van der Waals surface area (Å²) in [6.45, 7) is 2.54. The van der Waals surface area contributed by atoms with Gasteiger partial charge in [0.2, 0.25) is 0 Å². The Labute approximate surface area is 82.7 Å². The molecule has 0 bridgehead atoms. The van der Waals surface area contributed by atoms with Gasteiger partial charge in [0.05, 0.1) is 11.4 Å². The van der Waals surface area contributed by atoms with Crippen LogP contribution in [0.5, 0.6) is 0 Å². The van der Waals surface area contributed by atoms with E-state index in [1.807, 2.05) is 30.2 Å². The predicted octanol–water partition coefficient (Wildman–Crippen LogP) is 1.18. The third-order valence-electron chi connectivity index (χ3n) is 2.45. The van der Waals surface area contributed by atoms with E-state index in [-0.39, 0.29) is 0 Å². The molecule has 0 unspecified atom stereocenters. The molecule has 74 valence electrons. The second kappa shape index (κ2) is 3.31. The highest BCUT2D eigenvalue weighted by molar-refractivity contribution is 5.63. The van der Waals surface area contributed by atoms with Crippen molar-refractivity contribution in [2.24, 2.45) is 12.8 Å². The molecule has 0 aliphatic carbocycles. The van der Waals surface area contributed by atoms with Crippen LogP contribution in [0.4, 0.5) is 0 Å². The van der Waals surface area contributed by atoms with Gasteiger partial charge < -0.3 is 10.7 Å². The van der Waals surface area contributed by atoms with E-state index in [9.17, 15) is 0 Å². The normalized spacial score (nSPS) is 10.8. The Kier molecular flexibility index (Phi) is 2.13. The minimum atomic E-state index is 0.490. The summed E-state index contributed by atoms with van der Waals surface area (Å²) < 4.78 is 1.88. The van der Waals surface area contributed by atoms with Gasteiger partial charge in [-0.1, -0.05) is 0 Å². The number of aryl methyl sites for hydroxylation is 1. The Bertz CT molecular complexity index is 425. The molecule has 14 heavy (non-hydrogen) atoms. The lowest BCUT2D eigenvalue weighted by molar-refractivity contribution is 0.749. The Morgan fingerprint density at radius 1 is 1.57 bits per heavy atom. The number of nitrogens with two attached hydrogens (primary N) is 1. The van der Waals surface area contributed by atoms with E-state index in [0.717, 1.165) is 22.5 Å². The quantitative estimate of drug-likeness (QED) is 0.747. The van der Waals surface area contributed by atoms with Crippen LogP contribution in [-0.2, 0) is 13.6 Å². The van der Waals surface area contributed by atoms with Crippen LogP contribution in [0, 0.1) is 6.92 Å². The molecule has 0 amide bonds. The molecule has 4 nitrogen and oxygen atoms in total. The van der Waals surface area contributed by atoms with Crippen LogP contribution in [0.1, 0.15) is 11.3 Å². The molecular formula is C10H14N4. The smallest absolute Gasteiger partial charge is 0.0795 e. The fraction of sp³-hybridized carbons (Fsp3) is 0.300. The van der Waals surface area contributed by atoms with Gasteiger partial charge in [0.1, 0.15) is 0 Å². The van der Waals surface area contributed by atoms with E-state index in [1.54, 1.807) is 0 Å². The average molecular weight is 190 g/mol. The van der Waals surface area contributed by atoms with Crippen molar-refractivity contribution in [3.63, 3.8) is 0 Å². The number of hydrogen-bond acceptors (Lipinski definition) is 2. The maximum absolute atomic E-state index is 5.60. The summed E-state index contributed by atoms with van der Waals surface area (Å²) in [5.74, 6) is 0. The monoisotopic (exact) mass is 190 g/mol. The Morgan fingerprint density at radius 2 is 2.36 bits per heavy atom. The number of H-pyrrole nitrogens is 1. The molecule has 3 N–H and O–H groups in total. The summed E-state index contributed by atoms with van der Waals surface area (Å²) in [7, 11) is 1.94. The topological polar surface area (TPSA) is 59.6 Å². The van der Waals surface area contributed by atoms with Crippen LogP contribution in [0.2, 0.25) is 0 Å². The molecule has 0 aliphatic heterocycles. The lowest BCUT2D eigenvalue weighted by Crippen LogP contribution is -1.99. The molecule has 2 aromatic heterocycles. The first kappa shape index (κ1) is 9.02. The minimum Gasteiger partial charge on any atom is -0.367 e. The van der Waals surface area contributed by atoms with Gasteiger partial charge in [-0.3, -0.25) is 4.68 Å². The molecule has 2 rings (SSSR count). The largest absolute Gasteiger partial charge is 0.367 e. The van der Waals surface area contributed by atoms with E-state index in [1.165, 1.54) is 0 Å². The number of aromatic amines is 1. The van der Waals surface area contributed by atoms with Crippen LogP contribution in [0.15, 0.2) is 18.5 Å². The highest BCUT2D eigenvalue weighted by Gasteiger charge is 2.12. The van der Waals surface area contributed by atoms with E-state index >= 15 is 0 Å². The molecule has 0 radical (unpaired) electrons. The predicted molar refractivity (Wildman–Crippen MR) is 55.6 cm³/mol. The molecule has 0 saturated carbocycles. The third kappa shape index (κ3) is 1.24. The van der Waals surface area contributed by atoms with Gasteiger partial charge in [0.25, 0.3) is 0 Å². The number of nitrogens with one attached hydrogen (secondary N) is 1. The first-order chi connectivity index (χ1) is 6.74. The fourth-order valence-corrected chi connectivity index (χ4v) is 1.75. The van der Waals surface area contributed by atoms with E-state index < -0.39 is 0 Å². The van der Waals surface area contributed by atoms with E-state index in [4.69, 9.17) is 5.73 Å². The molecule has 4 heteroatoms. The Balaban J connectivity index is 2.58. The van der Waals surface area contributed by atoms with Crippen molar-refractivity contribution in [2.75, 3.05) is 0 Å². The van der Waals surface area contributed by atoms with Gasteiger partial charge >= 0.3 is 0 Å². The van der Waals surface area contributed by atoms with Crippen molar-refractivity contribution in [3.8, 4) is 11.3 Å². The number of aromatic nitrogens is 3. The molecule has 2 heterocycles. The molecule has 0 atom stereocenters. The maximum Gasteiger partial charge on any atom is 0.0795 e. The third-order valence-corrected chi connectivity index (χ3v) is 2.45. The van der Waals surface area contributed by atoms with E-state index in [2.05, 4.69) is 17.0 Å². The Hall–Kier alpha value is -1.55. The molecule has 0 fully saturated rings. The number of rotatable bonds is 2. The highest BCUT2D eigenvalue weighted by atomic mass is 15.3. The van der Waals surface area contributed by atoms with Crippen LogP contribution >= 0.6 is 0 Å². The van der Waals surface area contributed by atoms with E-state index in [0.29, 0.717) is 6.54 Å². The highest BCUT2D eigenvalue weighted by Crippen LogP contribution is 2.24. The van der Waals surface area contributed by atoms with Crippen molar-refractivity contribution in [1.82, 2.24) is 14.8 Å². The molecule has 2 aromatic rings. The summed E-state index contributed by atoms with van der Waals surface area (Å²) in [6.07, 6.45) is 3.87. The fourth-order valence-electron chi connectivity index (χ4n) is 1.75. The van der Waals surface area contributed by atoms with Crippen LogP contribution < -0.4 is 5.73 Å². The van der Waals surface area contributed by atoms with Crippen LogP contribution in [0.3, 0.4) is 0 Å². The zero-order valence-electron chi connectivity index (χ0n) is 8.41. The van der Waals surface area contributed by atoms with Gasteiger partial charge in [-0.25, -0.2) is 0 Å². The standard InChI is InChI=1S/C10H14N4/c1-7-9(5-11)13-14(2)10(7)8-3-4-12-6-8/h3-4,6,12H,5,11H2,1-2H3. The van der Waals surface area contributed by atoms with Gasteiger partial charge in [0.15, 0.2) is 0 Å². The molecule has 0 saturated heterocycles.